The summed E-state index contributed by atoms with van der Waals surface area (Å²) >= 11 is 14.2. The monoisotopic (exact) mass is 485 g/mol. The largest absolute Gasteiger partial charge is 0.495 e. The summed E-state index contributed by atoms with van der Waals surface area (Å²) in [6.45, 7) is 1.88. The number of ether oxygens (including phenoxy) is 1. The Morgan fingerprint density at radius 3 is 2.78 bits per heavy atom. The maximum Gasteiger partial charge on any atom is 0.139 e. The summed E-state index contributed by atoms with van der Waals surface area (Å²) in [5, 5.41) is 13.8. The lowest BCUT2D eigenvalue weighted by molar-refractivity contribution is 0.384. The number of nitriles is 1. The number of fused-ring (bicyclic) bond motifs is 1. The Labute approximate surface area is 200 Å². The number of benzene rings is 1. The summed E-state index contributed by atoms with van der Waals surface area (Å²) in [5.74, 6) is 0.494. The van der Waals surface area contributed by atoms with Crippen molar-refractivity contribution in [3.63, 3.8) is 0 Å². The summed E-state index contributed by atoms with van der Waals surface area (Å²) in [4.78, 5) is 7.72. The molecule has 0 bridgehead atoms. The van der Waals surface area contributed by atoms with Crippen LogP contribution in [0.25, 0.3) is 20.7 Å². The minimum Gasteiger partial charge on any atom is -0.495 e. The third-order valence-corrected chi connectivity index (χ3v) is 6.80. The minimum atomic E-state index is 0.417. The fourth-order valence-corrected chi connectivity index (χ4v) is 4.90. The van der Waals surface area contributed by atoms with E-state index in [-0.39, 0.29) is 0 Å². The average Bonchev–Trinajstić information content (AvgIpc) is 3.41. The van der Waals surface area contributed by atoms with Crippen molar-refractivity contribution in [1.82, 2.24) is 14.5 Å². The van der Waals surface area contributed by atoms with Crippen LogP contribution in [0.3, 0.4) is 0 Å². The second kappa shape index (κ2) is 9.39. The van der Waals surface area contributed by atoms with Crippen LogP contribution in [-0.2, 0) is 6.54 Å². The van der Waals surface area contributed by atoms with Gasteiger partial charge in [-0.3, -0.25) is 4.98 Å². The molecule has 9 heteroatoms. The third-order valence-electron chi connectivity index (χ3n) is 5.00. The van der Waals surface area contributed by atoms with E-state index in [1.54, 1.807) is 36.8 Å². The van der Waals surface area contributed by atoms with E-state index in [9.17, 15) is 5.26 Å². The van der Waals surface area contributed by atoms with Crippen molar-refractivity contribution >= 4 is 56.1 Å². The van der Waals surface area contributed by atoms with E-state index in [2.05, 4.69) is 58.4 Å². The fraction of sp³-hybridized carbons (Fsp3) is 0.217. The van der Waals surface area contributed by atoms with E-state index in [1.807, 2.05) is 6.07 Å². The molecule has 0 unspecified atom stereocenters. The van der Waals surface area contributed by atoms with Gasteiger partial charge in [-0.15, -0.1) is 11.3 Å². The Hall–Kier alpha value is -2.76. The predicted molar refractivity (Wildman–Crippen MR) is 133 cm³/mol. The molecule has 1 aromatic carbocycles. The lowest BCUT2D eigenvalue weighted by atomic mass is 10.2. The van der Waals surface area contributed by atoms with Gasteiger partial charge in [0.15, 0.2) is 0 Å². The second-order valence-corrected chi connectivity index (χ2v) is 9.38. The molecule has 4 rings (SSSR count). The topological polar surface area (TPSA) is 66.1 Å². The summed E-state index contributed by atoms with van der Waals surface area (Å²) < 4.78 is 8.36. The lowest BCUT2D eigenvalue weighted by Crippen LogP contribution is -2.17. The van der Waals surface area contributed by atoms with Gasteiger partial charge in [-0.25, -0.2) is 0 Å². The van der Waals surface area contributed by atoms with Gasteiger partial charge in [0.05, 0.1) is 44.3 Å². The van der Waals surface area contributed by atoms with Crippen molar-refractivity contribution in [2.45, 2.75) is 6.54 Å². The van der Waals surface area contributed by atoms with E-state index in [0.717, 1.165) is 33.7 Å². The van der Waals surface area contributed by atoms with Gasteiger partial charge >= 0.3 is 0 Å². The van der Waals surface area contributed by atoms with E-state index in [0.29, 0.717) is 32.7 Å². The third kappa shape index (κ3) is 4.54. The second-order valence-electron chi connectivity index (χ2n) is 7.52. The standard InChI is InChI=1S/C23H21Cl2N5OS/c1-29(2)6-7-30-5-4-14(13-30)21-10-19-23(32-21)22(15(11-26)12-27-19)28-18-9-20(31-3)17(25)8-16(18)24/h4-5,8-10,12-13H,6-7H2,1-3H3,(H,27,28). The molecule has 1 N–H and O–H groups in total. The van der Waals surface area contributed by atoms with Crippen LogP contribution in [0.4, 0.5) is 11.4 Å². The molecule has 0 spiro atoms. The fourth-order valence-electron chi connectivity index (χ4n) is 3.29. The van der Waals surface area contributed by atoms with Crippen molar-refractivity contribution in [1.29, 1.82) is 5.26 Å². The van der Waals surface area contributed by atoms with Gasteiger partial charge < -0.3 is 19.5 Å². The summed E-state index contributed by atoms with van der Waals surface area (Å²) in [7, 11) is 5.66. The van der Waals surface area contributed by atoms with Crippen molar-refractivity contribution in [2.24, 2.45) is 0 Å². The van der Waals surface area contributed by atoms with Crippen LogP contribution in [0.5, 0.6) is 5.75 Å². The first kappa shape index (κ1) is 22.4. The number of aromatic nitrogens is 2. The number of hydrogen-bond acceptors (Lipinski definition) is 6. The molecule has 0 saturated carbocycles. The number of nitrogens with zero attached hydrogens (tertiary/aromatic N) is 4. The summed E-state index contributed by atoms with van der Waals surface area (Å²) in [6.07, 6.45) is 5.79. The molecule has 3 aromatic heterocycles. The molecule has 164 valence electrons. The Morgan fingerprint density at radius 1 is 1.25 bits per heavy atom. The quantitative estimate of drug-likeness (QED) is 0.334. The van der Waals surface area contributed by atoms with E-state index < -0.39 is 0 Å². The lowest BCUT2D eigenvalue weighted by Gasteiger charge is -2.13. The van der Waals surface area contributed by atoms with Gasteiger partial charge in [0.2, 0.25) is 0 Å². The maximum atomic E-state index is 9.69. The Morgan fingerprint density at radius 2 is 2.06 bits per heavy atom. The van der Waals surface area contributed by atoms with E-state index >= 15 is 0 Å². The van der Waals surface area contributed by atoms with Crippen LogP contribution in [0.15, 0.2) is 42.9 Å². The van der Waals surface area contributed by atoms with Crippen LogP contribution < -0.4 is 10.1 Å². The molecule has 0 saturated heterocycles. The SMILES string of the molecule is COc1cc(Nc2c(C#N)cnc3cc(-c4ccn(CCN(C)C)c4)sc23)c(Cl)cc1Cl. The summed E-state index contributed by atoms with van der Waals surface area (Å²) in [5.41, 5.74) is 3.61. The van der Waals surface area contributed by atoms with E-state index in [1.165, 1.54) is 0 Å². The maximum absolute atomic E-state index is 9.69. The van der Waals surface area contributed by atoms with Crippen LogP contribution >= 0.6 is 34.5 Å². The molecule has 3 heterocycles. The molecule has 0 aliphatic heterocycles. The number of methoxy groups -OCH3 is 1. The highest BCUT2D eigenvalue weighted by atomic mass is 35.5. The average molecular weight is 486 g/mol. The zero-order valence-electron chi connectivity index (χ0n) is 17.8. The molecule has 0 aliphatic rings. The van der Waals surface area contributed by atoms with Gasteiger partial charge in [0, 0.05) is 48.2 Å². The number of pyridine rings is 1. The van der Waals surface area contributed by atoms with Crippen LogP contribution in [0.2, 0.25) is 10.0 Å². The Kier molecular flexibility index (Phi) is 6.58. The molecule has 4 aromatic rings. The Balaban J connectivity index is 1.74. The first-order valence-electron chi connectivity index (χ1n) is 9.83. The number of nitrogens with one attached hydrogen (secondary N) is 1. The molecular weight excluding hydrogens is 465 g/mol. The molecule has 0 amide bonds. The first-order valence-corrected chi connectivity index (χ1v) is 11.4. The molecule has 0 radical (unpaired) electrons. The molecule has 6 nitrogen and oxygen atoms in total. The minimum absolute atomic E-state index is 0.417. The van der Waals surface area contributed by atoms with Gasteiger partial charge in [-0.1, -0.05) is 23.2 Å². The molecule has 32 heavy (non-hydrogen) atoms. The van der Waals surface area contributed by atoms with Crippen LogP contribution in [0, 0.1) is 11.3 Å². The van der Waals surface area contributed by atoms with Gasteiger partial charge in [0.1, 0.15) is 11.8 Å². The molecule has 0 fully saturated rings. The smallest absolute Gasteiger partial charge is 0.139 e. The van der Waals surface area contributed by atoms with Crippen molar-refractivity contribution in [3.8, 4) is 22.3 Å². The van der Waals surface area contributed by atoms with Crippen LogP contribution in [-0.4, -0.2) is 42.2 Å². The van der Waals surface area contributed by atoms with Gasteiger partial charge in [0.25, 0.3) is 0 Å². The molecule has 0 aliphatic carbocycles. The zero-order chi connectivity index (χ0) is 22.8. The summed E-state index contributed by atoms with van der Waals surface area (Å²) in [6, 6.07) is 9.70. The Bertz CT molecular complexity index is 1320. The zero-order valence-corrected chi connectivity index (χ0v) is 20.1. The highest BCUT2D eigenvalue weighted by Crippen LogP contribution is 2.41. The molecular formula is C23H21Cl2N5OS. The van der Waals surface area contributed by atoms with Crippen molar-refractivity contribution in [2.75, 3.05) is 33.1 Å². The number of anilines is 2. The number of hydrogen-bond donors (Lipinski definition) is 1. The first-order chi connectivity index (χ1) is 15.4. The van der Waals surface area contributed by atoms with E-state index in [4.69, 9.17) is 27.9 Å². The number of rotatable bonds is 7. The highest BCUT2D eigenvalue weighted by Gasteiger charge is 2.16. The van der Waals surface area contributed by atoms with Crippen LogP contribution in [0.1, 0.15) is 5.56 Å². The van der Waals surface area contributed by atoms with Crippen molar-refractivity contribution in [3.05, 3.63) is 58.5 Å². The van der Waals surface area contributed by atoms with Gasteiger partial charge in [-0.05, 0) is 32.3 Å². The number of thiophene rings is 1. The predicted octanol–water partition coefficient (Wildman–Crippen LogP) is 6.26. The number of halogens is 2. The van der Waals surface area contributed by atoms with Crippen molar-refractivity contribution < 1.29 is 4.74 Å². The normalized spacial score (nSPS) is 11.2. The highest BCUT2D eigenvalue weighted by molar-refractivity contribution is 7.22. The van der Waals surface area contributed by atoms with Gasteiger partial charge in [-0.2, -0.15) is 5.26 Å². The molecule has 0 atom stereocenters. The number of likely N-dealkylation sites (N-methyl/N-ethyl adjacent to an activating group) is 1.